The van der Waals surface area contributed by atoms with Crippen LogP contribution >= 0.6 is 11.6 Å². The van der Waals surface area contributed by atoms with Crippen molar-refractivity contribution >= 4 is 11.6 Å². The second-order valence-corrected chi connectivity index (χ2v) is 4.94. The first-order chi connectivity index (χ1) is 9.12. The number of hydrogen-bond donors (Lipinski definition) is 1. The molecule has 1 rings (SSSR count). The Labute approximate surface area is 120 Å². The number of benzene rings is 1. The molecule has 0 saturated carbocycles. The predicted octanol–water partition coefficient (Wildman–Crippen LogP) is 4.08. The maximum atomic E-state index is 9.00. The van der Waals surface area contributed by atoms with Crippen LogP contribution < -0.4 is 10.1 Å². The second-order valence-electron chi connectivity index (χ2n) is 4.50. The van der Waals surface area contributed by atoms with Gasteiger partial charge in [0.15, 0.2) is 6.10 Å². The Balaban J connectivity index is 2.94. The van der Waals surface area contributed by atoms with Crippen molar-refractivity contribution in [2.45, 2.75) is 45.8 Å². The van der Waals surface area contributed by atoms with E-state index in [9.17, 15) is 0 Å². The molecule has 0 aliphatic carbocycles. The monoisotopic (exact) mass is 280 g/mol. The van der Waals surface area contributed by atoms with Crippen LogP contribution in [0.3, 0.4) is 0 Å². The summed E-state index contributed by atoms with van der Waals surface area (Å²) in [4.78, 5) is 0. The molecule has 104 valence electrons. The van der Waals surface area contributed by atoms with Crippen molar-refractivity contribution in [3.8, 4) is 11.8 Å². The summed E-state index contributed by atoms with van der Waals surface area (Å²) in [5.41, 5.74) is 0.995. The topological polar surface area (TPSA) is 45.0 Å². The third kappa shape index (κ3) is 4.74. The number of hydrogen-bond acceptors (Lipinski definition) is 3. The van der Waals surface area contributed by atoms with Gasteiger partial charge in [0.05, 0.1) is 0 Å². The first-order valence-corrected chi connectivity index (χ1v) is 7.09. The lowest BCUT2D eigenvalue weighted by atomic mass is 10.1. The average Bonchev–Trinajstić information content (AvgIpc) is 2.43. The van der Waals surface area contributed by atoms with Gasteiger partial charge in [0.25, 0.3) is 0 Å². The second kappa shape index (κ2) is 8.04. The first-order valence-electron chi connectivity index (χ1n) is 6.71. The molecule has 0 aliphatic rings. The van der Waals surface area contributed by atoms with Gasteiger partial charge in [0.2, 0.25) is 0 Å². The van der Waals surface area contributed by atoms with Crippen LogP contribution in [-0.2, 0) is 0 Å². The third-order valence-electron chi connectivity index (χ3n) is 2.92. The van der Waals surface area contributed by atoms with Crippen LogP contribution in [0.5, 0.6) is 5.75 Å². The molecule has 19 heavy (non-hydrogen) atoms. The highest BCUT2D eigenvalue weighted by atomic mass is 35.5. The zero-order valence-corrected chi connectivity index (χ0v) is 12.5. The SMILES string of the molecule is CCCNC(C)c1cc(Cl)ccc1OC(C#N)CC. The zero-order valence-electron chi connectivity index (χ0n) is 11.7. The van der Waals surface area contributed by atoms with E-state index in [0.717, 1.165) is 24.3 Å². The molecule has 0 radical (unpaired) electrons. The van der Waals surface area contributed by atoms with E-state index >= 15 is 0 Å². The van der Waals surface area contributed by atoms with Gasteiger partial charge < -0.3 is 10.1 Å². The zero-order chi connectivity index (χ0) is 14.3. The maximum Gasteiger partial charge on any atom is 0.184 e. The van der Waals surface area contributed by atoms with Crippen molar-refractivity contribution < 1.29 is 4.74 Å². The summed E-state index contributed by atoms with van der Waals surface area (Å²) < 4.78 is 5.74. The summed E-state index contributed by atoms with van der Waals surface area (Å²) in [6.07, 6.45) is 1.31. The quantitative estimate of drug-likeness (QED) is 0.818. The van der Waals surface area contributed by atoms with E-state index in [1.165, 1.54) is 0 Å². The number of halogens is 1. The molecule has 1 aromatic carbocycles. The van der Waals surface area contributed by atoms with Gasteiger partial charge in [-0.15, -0.1) is 0 Å². The molecule has 0 spiro atoms. The van der Waals surface area contributed by atoms with Gasteiger partial charge in [-0.2, -0.15) is 5.26 Å². The summed E-state index contributed by atoms with van der Waals surface area (Å²) in [6.45, 7) is 7.06. The Bertz CT molecular complexity index is 442. The normalized spacial score (nSPS) is 13.6. The van der Waals surface area contributed by atoms with Crippen LogP contribution in [-0.4, -0.2) is 12.6 Å². The Kier molecular flexibility index (Phi) is 6.69. The Morgan fingerprint density at radius 2 is 2.16 bits per heavy atom. The van der Waals surface area contributed by atoms with Gasteiger partial charge in [-0.1, -0.05) is 25.4 Å². The number of nitrogens with zero attached hydrogens (tertiary/aromatic N) is 1. The maximum absolute atomic E-state index is 9.00. The molecule has 2 unspecified atom stereocenters. The molecule has 0 fully saturated rings. The van der Waals surface area contributed by atoms with Crippen molar-refractivity contribution in [1.29, 1.82) is 5.26 Å². The van der Waals surface area contributed by atoms with E-state index in [4.69, 9.17) is 21.6 Å². The first kappa shape index (κ1) is 15.8. The molecule has 2 atom stereocenters. The summed E-state index contributed by atoms with van der Waals surface area (Å²) >= 11 is 6.05. The highest BCUT2D eigenvalue weighted by Crippen LogP contribution is 2.29. The van der Waals surface area contributed by atoms with Crippen molar-refractivity contribution in [3.05, 3.63) is 28.8 Å². The highest BCUT2D eigenvalue weighted by Gasteiger charge is 2.15. The summed E-state index contributed by atoms with van der Waals surface area (Å²) in [6, 6.07) is 7.81. The van der Waals surface area contributed by atoms with E-state index in [2.05, 4.69) is 25.2 Å². The molecule has 0 heterocycles. The molecule has 0 aromatic heterocycles. The molecule has 3 nitrogen and oxygen atoms in total. The smallest absolute Gasteiger partial charge is 0.184 e. The van der Waals surface area contributed by atoms with Crippen molar-refractivity contribution in [2.75, 3.05) is 6.54 Å². The number of rotatable bonds is 7. The fraction of sp³-hybridized carbons (Fsp3) is 0.533. The van der Waals surface area contributed by atoms with E-state index < -0.39 is 6.10 Å². The molecule has 0 amide bonds. The van der Waals surface area contributed by atoms with Gasteiger partial charge in [-0.25, -0.2) is 0 Å². The van der Waals surface area contributed by atoms with Gasteiger partial charge in [-0.05, 0) is 44.5 Å². The van der Waals surface area contributed by atoms with Crippen LogP contribution in [0.15, 0.2) is 18.2 Å². The van der Waals surface area contributed by atoms with E-state index in [-0.39, 0.29) is 6.04 Å². The van der Waals surface area contributed by atoms with Crippen LogP contribution in [0, 0.1) is 11.3 Å². The Hall–Kier alpha value is -1.24. The standard InChI is InChI=1S/C15H21ClN2O/c1-4-8-18-11(3)14-9-12(16)6-7-15(14)19-13(5-2)10-17/h6-7,9,11,13,18H,4-5,8H2,1-3H3. The molecule has 0 bridgehead atoms. The van der Waals surface area contributed by atoms with Crippen molar-refractivity contribution in [3.63, 3.8) is 0 Å². The Morgan fingerprint density at radius 3 is 2.74 bits per heavy atom. The minimum absolute atomic E-state index is 0.143. The van der Waals surface area contributed by atoms with Crippen LogP contribution in [0.4, 0.5) is 0 Å². The van der Waals surface area contributed by atoms with Crippen LogP contribution in [0.2, 0.25) is 5.02 Å². The summed E-state index contributed by atoms with van der Waals surface area (Å²) in [5, 5.41) is 13.1. The summed E-state index contributed by atoms with van der Waals surface area (Å²) in [5.74, 6) is 0.730. The predicted molar refractivity (Wildman–Crippen MR) is 78.5 cm³/mol. The van der Waals surface area contributed by atoms with Crippen LogP contribution in [0.25, 0.3) is 0 Å². The van der Waals surface area contributed by atoms with Gasteiger partial charge in [-0.3, -0.25) is 0 Å². The van der Waals surface area contributed by atoms with Crippen molar-refractivity contribution in [2.24, 2.45) is 0 Å². The number of ether oxygens (including phenoxy) is 1. The van der Waals surface area contributed by atoms with E-state index in [0.29, 0.717) is 11.4 Å². The molecular formula is C15H21ClN2O. The third-order valence-corrected chi connectivity index (χ3v) is 3.16. The number of nitrogens with one attached hydrogen (secondary N) is 1. The average molecular weight is 281 g/mol. The fourth-order valence-electron chi connectivity index (χ4n) is 1.79. The molecule has 0 saturated heterocycles. The van der Waals surface area contributed by atoms with Gasteiger partial charge >= 0.3 is 0 Å². The fourth-order valence-corrected chi connectivity index (χ4v) is 1.97. The minimum atomic E-state index is -0.418. The van der Waals surface area contributed by atoms with E-state index in [1.807, 2.05) is 19.1 Å². The van der Waals surface area contributed by atoms with Crippen LogP contribution in [0.1, 0.15) is 45.2 Å². The Morgan fingerprint density at radius 1 is 1.42 bits per heavy atom. The molecule has 1 N–H and O–H groups in total. The molecule has 0 aliphatic heterocycles. The lowest BCUT2D eigenvalue weighted by Gasteiger charge is -2.20. The van der Waals surface area contributed by atoms with Gasteiger partial charge in [0, 0.05) is 16.6 Å². The number of nitriles is 1. The highest BCUT2D eigenvalue weighted by molar-refractivity contribution is 6.30. The summed E-state index contributed by atoms with van der Waals surface area (Å²) in [7, 11) is 0. The lowest BCUT2D eigenvalue weighted by Crippen LogP contribution is -2.21. The molecular weight excluding hydrogens is 260 g/mol. The molecule has 1 aromatic rings. The molecule has 4 heteroatoms. The minimum Gasteiger partial charge on any atom is -0.475 e. The lowest BCUT2D eigenvalue weighted by molar-refractivity contribution is 0.247. The van der Waals surface area contributed by atoms with E-state index in [1.54, 1.807) is 6.07 Å². The van der Waals surface area contributed by atoms with Crippen molar-refractivity contribution in [1.82, 2.24) is 5.32 Å². The largest absolute Gasteiger partial charge is 0.475 e. The van der Waals surface area contributed by atoms with Gasteiger partial charge in [0.1, 0.15) is 11.8 Å².